The maximum Gasteiger partial charge on any atom is 0.160 e. The zero-order valence-electron chi connectivity index (χ0n) is 51.0. The maximum absolute atomic E-state index is 9.61. The Balaban J connectivity index is 0.000000450. The Labute approximate surface area is 455 Å². The molecular weight excluding hydrogens is 977 g/mol. The van der Waals surface area contributed by atoms with E-state index in [1.54, 1.807) is 85.3 Å². The van der Waals surface area contributed by atoms with Crippen LogP contribution in [0.3, 0.4) is 0 Å². The monoisotopic (exact) mass is 1090 g/mol. The predicted octanol–water partition coefficient (Wildman–Crippen LogP) is 6.94. The van der Waals surface area contributed by atoms with Crippen molar-refractivity contribution in [2.24, 2.45) is 47.3 Å². The van der Waals surface area contributed by atoms with E-state index in [1.165, 1.54) is 0 Å². The fourth-order valence-corrected chi connectivity index (χ4v) is 10.2. The molecule has 24 atom stereocenters. The second-order valence-corrected chi connectivity index (χ2v) is 21.4. The summed E-state index contributed by atoms with van der Waals surface area (Å²) in [5, 5.41) is 9.61. The van der Waals surface area contributed by atoms with E-state index in [0.717, 1.165) is 19.3 Å². The van der Waals surface area contributed by atoms with E-state index >= 15 is 0 Å². The summed E-state index contributed by atoms with van der Waals surface area (Å²) in [6.45, 7) is 27.2. The quantitative estimate of drug-likeness (QED) is 0.178. The highest BCUT2D eigenvalue weighted by Gasteiger charge is 2.40. The highest BCUT2D eigenvalue weighted by Crippen LogP contribution is 2.33. The van der Waals surface area contributed by atoms with Crippen molar-refractivity contribution in [2.75, 3.05) is 125 Å². The van der Waals surface area contributed by atoms with Crippen molar-refractivity contribution in [3.05, 3.63) is 0 Å². The molecule has 0 aromatic rings. The molecule has 0 saturated carbocycles. The summed E-state index contributed by atoms with van der Waals surface area (Å²) < 4.78 is 96.0. The highest BCUT2D eigenvalue weighted by molar-refractivity contribution is 4.87. The molecule has 75 heavy (non-hydrogen) atoms. The second kappa shape index (κ2) is 39.6. The molecule has 1 N–H and O–H groups in total. The largest absolute Gasteiger partial charge is 0.388 e. The molecule has 6 aliphatic heterocycles. The normalized spacial score (nSPS) is 41.8. The van der Waals surface area contributed by atoms with E-state index in [9.17, 15) is 5.11 Å². The SMILES string of the molecule is COC1COC(C)[C@@H](C)C1OC.COC1COC(C)[C@@H](C)C1OC.COC1COC(C)[C@@H](O)C1OC.COCC1CC(C)C(C)[C@@H](OC)O1.COCC1CC(C)C(C)[C@@H](OC)O1.COCC1CC(C)C(C)[C@@H](OC)O1. The van der Waals surface area contributed by atoms with Crippen molar-refractivity contribution in [2.45, 2.75) is 194 Å². The third kappa shape index (κ3) is 23.7. The molecule has 0 spiro atoms. The zero-order valence-corrected chi connectivity index (χ0v) is 51.0. The van der Waals surface area contributed by atoms with Gasteiger partial charge in [-0.15, -0.1) is 0 Å². The zero-order chi connectivity index (χ0) is 56.9. The summed E-state index contributed by atoms with van der Waals surface area (Å²) in [5.41, 5.74) is 0. The van der Waals surface area contributed by atoms with Crippen LogP contribution in [0.5, 0.6) is 0 Å². The van der Waals surface area contributed by atoms with Crippen LogP contribution in [-0.4, -0.2) is 228 Å². The lowest BCUT2D eigenvalue weighted by Crippen LogP contribution is -2.53. The van der Waals surface area contributed by atoms with Gasteiger partial charge in [0.1, 0.15) is 30.5 Å². The first-order valence-electron chi connectivity index (χ1n) is 27.4. The smallest absolute Gasteiger partial charge is 0.160 e. The molecule has 19 nitrogen and oxygen atoms in total. The van der Waals surface area contributed by atoms with Crippen molar-refractivity contribution in [1.82, 2.24) is 0 Å². The fraction of sp³-hybridized carbons (Fsp3) is 1.00. The van der Waals surface area contributed by atoms with Crippen LogP contribution >= 0.6 is 0 Å². The summed E-state index contributed by atoms with van der Waals surface area (Å²) >= 11 is 0. The van der Waals surface area contributed by atoms with E-state index in [4.69, 9.17) is 85.3 Å². The van der Waals surface area contributed by atoms with E-state index < -0.39 is 6.10 Å². The fourth-order valence-electron chi connectivity index (χ4n) is 10.2. The van der Waals surface area contributed by atoms with Gasteiger partial charge in [-0.2, -0.15) is 0 Å². The molecule has 6 saturated heterocycles. The minimum atomic E-state index is -0.603. The van der Waals surface area contributed by atoms with E-state index in [2.05, 4.69) is 69.2 Å². The van der Waals surface area contributed by atoms with Crippen LogP contribution in [-0.2, 0) is 85.3 Å². The summed E-state index contributed by atoms with van der Waals surface area (Å²) in [4.78, 5) is 0. The minimum absolute atomic E-state index is 0.0658. The first-order chi connectivity index (χ1) is 35.7. The average molecular weight is 1090 g/mol. The van der Waals surface area contributed by atoms with Gasteiger partial charge in [-0.05, 0) is 57.8 Å². The number of aliphatic hydroxyl groups is 1. The third-order valence-corrected chi connectivity index (χ3v) is 16.3. The number of hydrogen-bond acceptors (Lipinski definition) is 19. The van der Waals surface area contributed by atoms with Gasteiger partial charge in [-0.1, -0.05) is 55.4 Å². The molecule has 0 amide bonds. The van der Waals surface area contributed by atoms with E-state index in [1.807, 2.05) is 6.92 Å². The molecule has 6 heterocycles. The van der Waals surface area contributed by atoms with Gasteiger partial charge in [0.25, 0.3) is 0 Å². The Hall–Kier alpha value is -0.760. The van der Waals surface area contributed by atoms with Gasteiger partial charge in [-0.3, -0.25) is 0 Å². The van der Waals surface area contributed by atoms with E-state index in [-0.39, 0.29) is 92.1 Å². The predicted molar refractivity (Wildman–Crippen MR) is 287 cm³/mol. The Morgan fingerprint density at radius 2 is 0.600 bits per heavy atom. The molecule has 0 aromatic carbocycles. The van der Waals surface area contributed by atoms with Gasteiger partial charge in [0.15, 0.2) is 18.9 Å². The van der Waals surface area contributed by atoms with Crippen LogP contribution in [0.15, 0.2) is 0 Å². The topological polar surface area (TPSA) is 186 Å². The van der Waals surface area contributed by atoms with Crippen LogP contribution < -0.4 is 0 Å². The first-order valence-corrected chi connectivity index (χ1v) is 27.4. The van der Waals surface area contributed by atoms with E-state index in [0.29, 0.717) is 87.0 Å². The molecule has 0 bridgehead atoms. The molecule has 450 valence electrons. The highest BCUT2D eigenvalue weighted by atomic mass is 16.7. The van der Waals surface area contributed by atoms with Gasteiger partial charge < -0.3 is 90.4 Å². The van der Waals surface area contributed by atoms with Gasteiger partial charge in [-0.25, -0.2) is 0 Å². The van der Waals surface area contributed by atoms with Crippen LogP contribution in [0.25, 0.3) is 0 Å². The summed E-state index contributed by atoms with van der Waals surface area (Å²) in [6.07, 6.45) is 3.39. The standard InChI is InChI=1S/3C10H20O3.2C9H18O3.C8H16O4/c3*1-7-5-9(6-11-3)13-10(12-4)8(7)2;2*1-6-7(2)12-5-8(10-3)9(6)11-4;1-5-7(9)8(11-3)6(10-2)4-12-5/h3*7-10H,5-6H2,1-4H3;2*6-9H,5H2,1-4H3;5-9H,4H2,1-3H3/t3*7?,8?,9?,10-;2*6-,7?,8?,9?;5?,6?,7-,8?/m000111/s1. The lowest BCUT2D eigenvalue weighted by atomic mass is 9.87. The van der Waals surface area contributed by atoms with Crippen molar-refractivity contribution >= 4 is 0 Å². The van der Waals surface area contributed by atoms with Crippen molar-refractivity contribution < 1.29 is 90.4 Å². The number of ether oxygens (including phenoxy) is 18. The Kier molecular flexibility index (Phi) is 38.2. The minimum Gasteiger partial charge on any atom is -0.388 e. The molecule has 6 fully saturated rings. The molecule has 0 aliphatic carbocycles. The lowest BCUT2D eigenvalue weighted by molar-refractivity contribution is -0.227. The van der Waals surface area contributed by atoms with Crippen LogP contribution in [0, 0.1) is 47.3 Å². The number of aliphatic hydroxyl groups excluding tert-OH is 1. The summed E-state index contributed by atoms with van der Waals surface area (Å²) in [5.74, 6) is 4.12. The molecule has 0 aromatic heterocycles. The van der Waals surface area contributed by atoms with Crippen molar-refractivity contribution in [3.8, 4) is 0 Å². The molecule has 6 rings (SSSR count). The number of methoxy groups -OCH3 is 12. The van der Waals surface area contributed by atoms with Gasteiger partial charge in [0.2, 0.25) is 0 Å². The van der Waals surface area contributed by atoms with Crippen LogP contribution in [0.1, 0.15) is 95.4 Å². The van der Waals surface area contributed by atoms with Crippen molar-refractivity contribution in [1.29, 1.82) is 0 Å². The molecule has 18 unspecified atom stereocenters. The lowest BCUT2D eigenvalue weighted by Gasteiger charge is -2.38. The Morgan fingerprint density at radius 1 is 0.333 bits per heavy atom. The maximum atomic E-state index is 9.61. The van der Waals surface area contributed by atoms with Crippen LogP contribution in [0.2, 0.25) is 0 Å². The average Bonchev–Trinajstić information content (AvgIpc) is 3.40. The Bertz CT molecular complexity index is 1210. The molecule has 0 radical (unpaired) electrons. The Morgan fingerprint density at radius 3 is 0.840 bits per heavy atom. The molecular formula is C56H112O19. The number of rotatable bonds is 15. The second-order valence-electron chi connectivity index (χ2n) is 21.4. The number of hydrogen-bond donors (Lipinski definition) is 1. The van der Waals surface area contributed by atoms with Crippen LogP contribution in [0.4, 0.5) is 0 Å². The van der Waals surface area contributed by atoms with Gasteiger partial charge >= 0.3 is 0 Å². The molecule has 6 aliphatic rings. The summed E-state index contributed by atoms with van der Waals surface area (Å²) in [7, 11) is 20.2. The first kappa shape index (κ1) is 72.3. The van der Waals surface area contributed by atoms with Crippen molar-refractivity contribution in [3.63, 3.8) is 0 Å². The van der Waals surface area contributed by atoms with Gasteiger partial charge in [0.05, 0.1) is 88.5 Å². The summed E-state index contributed by atoms with van der Waals surface area (Å²) in [6, 6.07) is 0. The third-order valence-electron chi connectivity index (χ3n) is 16.3. The molecule has 19 heteroatoms. The van der Waals surface area contributed by atoms with Gasteiger partial charge in [0, 0.05) is 115 Å².